The highest BCUT2D eigenvalue weighted by Crippen LogP contribution is 2.42. The fourth-order valence-electron chi connectivity index (χ4n) is 3.45. The smallest absolute Gasteiger partial charge is 0.250 e. The Morgan fingerprint density at radius 1 is 1.50 bits per heavy atom. The Morgan fingerprint density at radius 2 is 2.29 bits per heavy atom. The van der Waals surface area contributed by atoms with Gasteiger partial charge in [-0.1, -0.05) is 6.92 Å². The van der Waals surface area contributed by atoms with Gasteiger partial charge in [0, 0.05) is 25.9 Å². The zero-order valence-electron chi connectivity index (χ0n) is 13.8. The topological polar surface area (TPSA) is 68.7 Å². The van der Waals surface area contributed by atoms with Crippen LogP contribution in [0.15, 0.2) is 18.3 Å². The summed E-state index contributed by atoms with van der Waals surface area (Å²) in [7, 11) is -3.17. The molecule has 1 spiro atoms. The lowest BCUT2D eigenvalue weighted by Gasteiger charge is -2.49. The van der Waals surface area contributed by atoms with Crippen LogP contribution >= 0.6 is 0 Å². The van der Waals surface area contributed by atoms with Crippen molar-refractivity contribution >= 4 is 10.0 Å². The molecule has 2 aliphatic heterocycles. The number of ether oxygens (including phenoxy) is 2. The van der Waals surface area contributed by atoms with E-state index in [1.54, 1.807) is 0 Å². The Bertz CT molecular complexity index is 676. The summed E-state index contributed by atoms with van der Waals surface area (Å²) in [5.74, 6) is -0.0746. The first-order valence-electron chi connectivity index (χ1n) is 8.32. The molecule has 3 heterocycles. The molecular weight excluding hydrogens is 335 g/mol. The Hall–Kier alpha value is -1.25. The van der Waals surface area contributed by atoms with Crippen molar-refractivity contribution in [2.75, 3.05) is 32.1 Å². The molecule has 134 valence electrons. The number of hydrogen-bond acceptors (Lipinski definition) is 5. The molecule has 24 heavy (non-hydrogen) atoms. The third-order valence-electron chi connectivity index (χ3n) is 4.77. The highest BCUT2D eigenvalue weighted by atomic mass is 32.2. The van der Waals surface area contributed by atoms with Crippen molar-refractivity contribution in [1.82, 2.24) is 9.29 Å². The Kier molecular flexibility index (Phi) is 5.08. The van der Waals surface area contributed by atoms with Gasteiger partial charge in [-0.2, -0.15) is 4.31 Å². The molecule has 3 rings (SSSR count). The first-order valence-corrected chi connectivity index (χ1v) is 9.93. The number of aromatic nitrogens is 1. The van der Waals surface area contributed by atoms with Crippen LogP contribution in [-0.4, -0.2) is 55.4 Å². The van der Waals surface area contributed by atoms with Crippen LogP contribution in [0.5, 0.6) is 5.88 Å². The van der Waals surface area contributed by atoms with E-state index < -0.39 is 21.4 Å². The van der Waals surface area contributed by atoms with Gasteiger partial charge in [0.1, 0.15) is 0 Å². The summed E-state index contributed by atoms with van der Waals surface area (Å²) >= 11 is 0. The van der Waals surface area contributed by atoms with Crippen LogP contribution in [0, 0.1) is 11.7 Å². The number of nitrogens with zero attached hydrogens (tertiary/aromatic N) is 2. The summed E-state index contributed by atoms with van der Waals surface area (Å²) in [5.41, 5.74) is -0.396. The van der Waals surface area contributed by atoms with Gasteiger partial charge in [-0.05, 0) is 37.3 Å². The summed E-state index contributed by atoms with van der Waals surface area (Å²) in [6.45, 7) is 3.65. The lowest BCUT2D eigenvalue weighted by atomic mass is 9.80. The van der Waals surface area contributed by atoms with Crippen molar-refractivity contribution in [2.24, 2.45) is 5.92 Å². The van der Waals surface area contributed by atoms with Crippen LogP contribution in [0.4, 0.5) is 4.39 Å². The predicted molar refractivity (Wildman–Crippen MR) is 86.7 cm³/mol. The highest BCUT2D eigenvalue weighted by Gasteiger charge is 2.55. The zero-order valence-corrected chi connectivity index (χ0v) is 14.6. The van der Waals surface area contributed by atoms with Crippen molar-refractivity contribution in [3.63, 3.8) is 0 Å². The Labute approximate surface area is 142 Å². The normalized spacial score (nSPS) is 23.3. The molecule has 6 nitrogen and oxygen atoms in total. The Balaban J connectivity index is 1.53. The molecule has 0 aliphatic carbocycles. The van der Waals surface area contributed by atoms with Gasteiger partial charge in [-0.3, -0.25) is 0 Å². The van der Waals surface area contributed by atoms with Gasteiger partial charge in [-0.15, -0.1) is 0 Å². The van der Waals surface area contributed by atoms with E-state index in [2.05, 4.69) is 4.98 Å². The summed E-state index contributed by atoms with van der Waals surface area (Å²) in [4.78, 5) is 3.86. The molecule has 1 aromatic rings. The summed E-state index contributed by atoms with van der Waals surface area (Å²) < 4.78 is 50.5. The third kappa shape index (κ3) is 3.41. The standard InChI is InChI=1S/C16H23FN2O4S/c1-2-10-24(20,21)19-11-16(12-19)13(6-9-23-16)5-8-22-15-14(17)4-3-7-18-15/h3-4,7,13H,2,5-6,8-12H2,1H3. The van der Waals surface area contributed by atoms with Crippen molar-refractivity contribution in [2.45, 2.75) is 31.8 Å². The summed E-state index contributed by atoms with van der Waals surface area (Å²) in [6, 6.07) is 2.83. The quantitative estimate of drug-likeness (QED) is 0.744. The van der Waals surface area contributed by atoms with Gasteiger partial charge in [-0.25, -0.2) is 17.8 Å². The number of hydrogen-bond donors (Lipinski definition) is 0. The molecule has 0 N–H and O–H groups in total. The van der Waals surface area contributed by atoms with E-state index in [4.69, 9.17) is 9.47 Å². The van der Waals surface area contributed by atoms with Crippen LogP contribution in [0.3, 0.4) is 0 Å². The molecule has 8 heteroatoms. The molecule has 1 unspecified atom stereocenters. The number of halogens is 1. The van der Waals surface area contributed by atoms with Crippen molar-refractivity contribution in [3.8, 4) is 5.88 Å². The number of pyridine rings is 1. The minimum atomic E-state index is -3.17. The minimum absolute atomic E-state index is 0.00576. The van der Waals surface area contributed by atoms with Gasteiger partial charge < -0.3 is 9.47 Å². The molecule has 0 saturated carbocycles. The van der Waals surface area contributed by atoms with E-state index >= 15 is 0 Å². The first kappa shape index (κ1) is 17.6. The second-order valence-corrected chi connectivity index (χ2v) is 8.50. The van der Waals surface area contributed by atoms with Gasteiger partial charge in [0.25, 0.3) is 0 Å². The van der Waals surface area contributed by atoms with Gasteiger partial charge in [0.05, 0.1) is 18.0 Å². The van der Waals surface area contributed by atoms with Crippen molar-refractivity contribution in [3.05, 3.63) is 24.1 Å². The molecule has 1 aromatic heterocycles. The van der Waals surface area contributed by atoms with Gasteiger partial charge in [0.15, 0.2) is 5.82 Å². The van der Waals surface area contributed by atoms with Gasteiger partial charge in [0.2, 0.25) is 15.9 Å². The second kappa shape index (κ2) is 6.93. The Morgan fingerprint density at radius 3 is 3.00 bits per heavy atom. The molecule has 0 bridgehead atoms. The lowest BCUT2D eigenvalue weighted by molar-refractivity contribution is -0.104. The highest BCUT2D eigenvalue weighted by molar-refractivity contribution is 7.89. The third-order valence-corrected chi connectivity index (χ3v) is 6.74. The molecule has 2 fully saturated rings. The minimum Gasteiger partial charge on any atom is -0.476 e. The lowest BCUT2D eigenvalue weighted by Crippen LogP contribution is -2.66. The van der Waals surface area contributed by atoms with E-state index in [-0.39, 0.29) is 17.6 Å². The van der Waals surface area contributed by atoms with Crippen LogP contribution in [0.2, 0.25) is 0 Å². The van der Waals surface area contributed by atoms with Crippen molar-refractivity contribution < 1.29 is 22.3 Å². The molecule has 0 radical (unpaired) electrons. The average molecular weight is 358 g/mol. The maximum absolute atomic E-state index is 13.5. The maximum atomic E-state index is 13.5. The van der Waals surface area contributed by atoms with Crippen molar-refractivity contribution in [1.29, 1.82) is 0 Å². The summed E-state index contributed by atoms with van der Waals surface area (Å²) in [5, 5.41) is 0. The second-order valence-electron chi connectivity index (χ2n) is 6.41. The molecule has 0 aromatic carbocycles. The molecule has 2 saturated heterocycles. The van der Waals surface area contributed by atoms with E-state index in [0.717, 1.165) is 6.42 Å². The SMILES string of the molecule is CCCS(=O)(=O)N1CC2(C1)OCCC2CCOc1ncccc1F. The molecule has 0 amide bonds. The van der Waals surface area contributed by atoms with E-state index in [0.29, 0.717) is 39.1 Å². The first-order chi connectivity index (χ1) is 11.5. The predicted octanol–water partition coefficient (Wildman–Crippen LogP) is 1.82. The van der Waals surface area contributed by atoms with Crippen LogP contribution in [0.1, 0.15) is 26.2 Å². The molecular formula is C16H23FN2O4S. The van der Waals surface area contributed by atoms with Gasteiger partial charge >= 0.3 is 0 Å². The zero-order chi connectivity index (χ0) is 17.2. The molecule has 1 atom stereocenters. The fourth-order valence-corrected chi connectivity index (χ4v) is 5.06. The fraction of sp³-hybridized carbons (Fsp3) is 0.688. The van der Waals surface area contributed by atoms with Crippen LogP contribution < -0.4 is 4.74 Å². The average Bonchev–Trinajstić information content (AvgIpc) is 2.91. The largest absolute Gasteiger partial charge is 0.476 e. The number of rotatable bonds is 7. The van der Waals surface area contributed by atoms with E-state index in [1.807, 2.05) is 6.92 Å². The van der Waals surface area contributed by atoms with E-state index in [1.165, 1.54) is 22.6 Å². The summed E-state index contributed by atoms with van der Waals surface area (Å²) in [6.07, 6.45) is 3.66. The maximum Gasteiger partial charge on any atom is 0.250 e. The molecule has 2 aliphatic rings. The van der Waals surface area contributed by atoms with E-state index in [9.17, 15) is 12.8 Å². The van der Waals surface area contributed by atoms with Crippen LogP contribution in [-0.2, 0) is 14.8 Å². The number of sulfonamides is 1. The van der Waals surface area contributed by atoms with Crippen LogP contribution in [0.25, 0.3) is 0 Å². The monoisotopic (exact) mass is 358 g/mol.